The molecule has 2 aromatic heterocycles. The first-order valence-corrected chi connectivity index (χ1v) is 10.6. The molecule has 1 aromatic carbocycles. The van der Waals surface area contributed by atoms with E-state index in [1.54, 1.807) is 23.9 Å². The molecular formula is C21H24N8O2S. The number of primary amides is 1. The average molecular weight is 453 g/mol. The highest BCUT2D eigenvalue weighted by Gasteiger charge is 2.23. The van der Waals surface area contributed by atoms with Crippen molar-refractivity contribution in [3.8, 4) is 10.8 Å². The van der Waals surface area contributed by atoms with Crippen LogP contribution in [0.5, 0.6) is 0 Å². The molecule has 3 aromatic rings. The molecule has 166 valence electrons. The summed E-state index contributed by atoms with van der Waals surface area (Å²) in [4.78, 5) is 32.2. The number of hydrogen-bond acceptors (Lipinski definition) is 7. The summed E-state index contributed by atoms with van der Waals surface area (Å²) in [6, 6.07) is 7.10. The van der Waals surface area contributed by atoms with Gasteiger partial charge < -0.3 is 20.9 Å². The zero-order valence-electron chi connectivity index (χ0n) is 17.9. The zero-order valence-corrected chi connectivity index (χ0v) is 18.8. The summed E-state index contributed by atoms with van der Waals surface area (Å²) >= 11 is 1.22. The van der Waals surface area contributed by atoms with Crippen LogP contribution in [0.15, 0.2) is 42.0 Å². The van der Waals surface area contributed by atoms with Gasteiger partial charge in [0.2, 0.25) is 0 Å². The highest BCUT2D eigenvalue weighted by molar-refractivity contribution is 7.13. The number of aryl methyl sites for hydroxylation is 1. The number of carbonyl (C=O) groups excluding carboxylic acids is 2. The first-order valence-electron chi connectivity index (χ1n) is 9.70. The van der Waals surface area contributed by atoms with Crippen molar-refractivity contribution in [2.45, 2.75) is 13.8 Å². The van der Waals surface area contributed by atoms with E-state index in [-0.39, 0.29) is 17.2 Å². The van der Waals surface area contributed by atoms with E-state index < -0.39 is 11.9 Å². The van der Waals surface area contributed by atoms with E-state index in [1.807, 2.05) is 31.2 Å². The topological polar surface area (TPSA) is 151 Å². The van der Waals surface area contributed by atoms with E-state index in [2.05, 4.69) is 32.5 Å². The lowest BCUT2D eigenvalue weighted by molar-refractivity contribution is 0.0996. The lowest BCUT2D eigenvalue weighted by Crippen LogP contribution is -2.36. The molecule has 0 atom stereocenters. The lowest BCUT2D eigenvalue weighted by atomic mass is 10.1. The summed E-state index contributed by atoms with van der Waals surface area (Å²) in [5.74, 6) is 0.443. The van der Waals surface area contributed by atoms with Crippen LogP contribution in [0.3, 0.4) is 0 Å². The van der Waals surface area contributed by atoms with Crippen molar-refractivity contribution < 1.29 is 9.59 Å². The number of benzene rings is 1. The predicted molar refractivity (Wildman–Crippen MR) is 125 cm³/mol. The molecule has 0 spiro atoms. The van der Waals surface area contributed by atoms with Crippen LogP contribution in [-0.4, -0.2) is 38.7 Å². The number of amides is 3. The summed E-state index contributed by atoms with van der Waals surface area (Å²) in [6.07, 6.45) is 0. The van der Waals surface area contributed by atoms with Gasteiger partial charge in [0.1, 0.15) is 23.0 Å². The number of rotatable bonds is 8. The molecule has 0 aliphatic carbocycles. The van der Waals surface area contributed by atoms with Gasteiger partial charge in [-0.15, -0.1) is 11.3 Å². The minimum absolute atomic E-state index is 0.139. The summed E-state index contributed by atoms with van der Waals surface area (Å²) < 4.78 is 1.69. The Hall–Kier alpha value is -3.99. The molecule has 0 radical (unpaired) electrons. The largest absolute Gasteiger partial charge is 0.364 e. The molecule has 2 heterocycles. The fourth-order valence-corrected chi connectivity index (χ4v) is 3.70. The molecule has 10 nitrogen and oxygen atoms in total. The van der Waals surface area contributed by atoms with Crippen molar-refractivity contribution in [1.82, 2.24) is 25.2 Å². The molecule has 0 unspecified atom stereocenters. The van der Waals surface area contributed by atoms with Crippen LogP contribution in [0, 0.1) is 12.3 Å². The Kier molecular flexibility index (Phi) is 6.69. The van der Waals surface area contributed by atoms with Gasteiger partial charge in [-0.1, -0.05) is 36.4 Å². The third-order valence-corrected chi connectivity index (χ3v) is 5.33. The monoisotopic (exact) mass is 452 g/mol. The second-order valence-corrected chi connectivity index (χ2v) is 7.78. The van der Waals surface area contributed by atoms with Crippen LogP contribution in [0.2, 0.25) is 0 Å². The second kappa shape index (κ2) is 9.43. The van der Waals surface area contributed by atoms with Gasteiger partial charge in [-0.05, 0) is 13.8 Å². The number of nitrogens with zero attached hydrogens (tertiary/aromatic N) is 3. The first-order chi connectivity index (χ1) is 15.2. The van der Waals surface area contributed by atoms with Crippen LogP contribution in [0.4, 0.5) is 10.6 Å². The number of hydrogen-bond donors (Lipinski definition) is 5. The van der Waals surface area contributed by atoms with Gasteiger partial charge in [-0.25, -0.2) is 14.8 Å². The van der Waals surface area contributed by atoms with E-state index in [0.717, 1.165) is 5.56 Å². The standard InChI is InChI=1S/C21H24N8O2S/c1-5-24-21(31)26-12(3)25-18-16(15(22)13-8-6-11(2)7-9-13)28-19(29(18)4)20-27-14(10-32-20)17(23)30/h6-10,22,25H,3,5H2,1-2,4H3,(H2,23,30)(H2,24,26,31). The average Bonchev–Trinajstić information content (AvgIpc) is 3.34. The van der Waals surface area contributed by atoms with Crippen molar-refractivity contribution in [2.75, 3.05) is 11.9 Å². The van der Waals surface area contributed by atoms with Crippen LogP contribution >= 0.6 is 11.3 Å². The van der Waals surface area contributed by atoms with Crippen LogP contribution in [-0.2, 0) is 7.05 Å². The van der Waals surface area contributed by atoms with Crippen LogP contribution in [0.25, 0.3) is 10.8 Å². The summed E-state index contributed by atoms with van der Waals surface area (Å²) in [5, 5.41) is 19.0. The van der Waals surface area contributed by atoms with E-state index in [4.69, 9.17) is 11.1 Å². The van der Waals surface area contributed by atoms with Gasteiger partial charge in [-0.2, -0.15) is 0 Å². The zero-order chi connectivity index (χ0) is 23.4. The summed E-state index contributed by atoms with van der Waals surface area (Å²) in [7, 11) is 1.74. The fraction of sp³-hybridized carbons (Fsp3) is 0.190. The number of imidazole rings is 1. The van der Waals surface area contributed by atoms with E-state index >= 15 is 0 Å². The van der Waals surface area contributed by atoms with Crippen molar-refractivity contribution in [2.24, 2.45) is 12.8 Å². The van der Waals surface area contributed by atoms with Crippen molar-refractivity contribution in [3.05, 3.63) is 64.6 Å². The number of anilines is 1. The summed E-state index contributed by atoms with van der Waals surface area (Å²) in [6.45, 7) is 8.07. The van der Waals surface area contributed by atoms with Crippen molar-refractivity contribution in [3.63, 3.8) is 0 Å². The quantitative estimate of drug-likeness (QED) is 0.333. The lowest BCUT2D eigenvalue weighted by Gasteiger charge is -2.14. The van der Waals surface area contributed by atoms with Gasteiger partial charge >= 0.3 is 6.03 Å². The number of nitrogens with one attached hydrogen (secondary N) is 4. The fourth-order valence-electron chi connectivity index (χ4n) is 2.87. The van der Waals surface area contributed by atoms with Crippen molar-refractivity contribution in [1.29, 1.82) is 5.41 Å². The molecule has 11 heteroatoms. The van der Waals surface area contributed by atoms with Crippen molar-refractivity contribution >= 4 is 34.8 Å². The molecule has 3 amide bonds. The maximum atomic E-state index is 11.9. The van der Waals surface area contributed by atoms with Crippen LogP contribution in [0.1, 0.15) is 34.2 Å². The minimum Gasteiger partial charge on any atom is -0.364 e. The first kappa shape index (κ1) is 22.7. The van der Waals surface area contributed by atoms with E-state index in [0.29, 0.717) is 34.5 Å². The van der Waals surface area contributed by atoms with Gasteiger partial charge in [-0.3, -0.25) is 15.5 Å². The van der Waals surface area contributed by atoms with E-state index in [9.17, 15) is 9.59 Å². The van der Waals surface area contributed by atoms with Gasteiger partial charge in [0.15, 0.2) is 10.8 Å². The number of aromatic nitrogens is 3. The van der Waals surface area contributed by atoms with Crippen LogP contribution < -0.4 is 21.7 Å². The molecule has 0 aliphatic heterocycles. The molecule has 32 heavy (non-hydrogen) atoms. The smallest absolute Gasteiger partial charge is 0.320 e. The molecular weight excluding hydrogens is 428 g/mol. The van der Waals surface area contributed by atoms with Gasteiger partial charge in [0.05, 0.1) is 5.71 Å². The highest BCUT2D eigenvalue weighted by atomic mass is 32.1. The SMILES string of the molecule is C=C(NC(=O)NCC)Nc1c(C(=N)c2ccc(C)cc2)nc(-c2nc(C(N)=O)cs2)n1C. The normalized spacial score (nSPS) is 10.5. The Morgan fingerprint density at radius 2 is 1.94 bits per heavy atom. The van der Waals surface area contributed by atoms with Gasteiger partial charge in [0, 0.05) is 24.5 Å². The number of thiazole rings is 1. The molecule has 0 aliphatic rings. The Balaban J connectivity index is 2.03. The third kappa shape index (κ3) is 4.83. The minimum atomic E-state index is -0.632. The molecule has 0 bridgehead atoms. The molecule has 0 fully saturated rings. The van der Waals surface area contributed by atoms with E-state index in [1.165, 1.54) is 11.3 Å². The number of nitrogens with two attached hydrogens (primary N) is 1. The number of carbonyl (C=O) groups is 2. The Morgan fingerprint density at radius 1 is 1.25 bits per heavy atom. The maximum absolute atomic E-state index is 11.9. The molecule has 0 saturated carbocycles. The Morgan fingerprint density at radius 3 is 2.53 bits per heavy atom. The highest BCUT2D eigenvalue weighted by Crippen LogP contribution is 2.29. The third-order valence-electron chi connectivity index (χ3n) is 4.49. The Bertz CT molecular complexity index is 1190. The van der Waals surface area contributed by atoms with Gasteiger partial charge in [0.25, 0.3) is 5.91 Å². The molecule has 0 saturated heterocycles. The maximum Gasteiger partial charge on any atom is 0.320 e. The predicted octanol–water partition coefficient (Wildman–Crippen LogP) is 2.57. The molecule has 3 rings (SSSR count). The summed E-state index contributed by atoms with van der Waals surface area (Å²) in [5.41, 5.74) is 7.71. The molecule has 6 N–H and O–H groups in total. The number of urea groups is 1. The second-order valence-electron chi connectivity index (χ2n) is 6.92. The Labute approximate surface area is 189 Å².